The Morgan fingerprint density at radius 1 is 1.67 bits per heavy atom. The largest absolute Gasteiger partial charge is 0.396 e. The lowest BCUT2D eigenvalue weighted by molar-refractivity contribution is -0.122. The summed E-state index contributed by atoms with van der Waals surface area (Å²) < 4.78 is 4.85. The summed E-state index contributed by atoms with van der Waals surface area (Å²) in [6, 6.07) is 0.293. The number of hydrogen-bond donors (Lipinski definition) is 2. The second-order valence-corrected chi connectivity index (χ2v) is 4.79. The van der Waals surface area contributed by atoms with Gasteiger partial charge in [0.05, 0.1) is 6.61 Å². The highest BCUT2D eigenvalue weighted by atomic mass is 16.5. The molecule has 15 heavy (non-hydrogen) atoms. The van der Waals surface area contributed by atoms with Crippen molar-refractivity contribution >= 4 is 5.91 Å². The summed E-state index contributed by atoms with van der Waals surface area (Å²) >= 11 is 0. The van der Waals surface area contributed by atoms with Crippen LogP contribution in [0, 0.1) is 11.3 Å². The third-order valence-corrected chi connectivity index (χ3v) is 3.89. The predicted octanol–water partition coefficient (Wildman–Crippen LogP) is 0.300. The summed E-state index contributed by atoms with van der Waals surface area (Å²) in [7, 11) is 1.60. The molecule has 4 nitrogen and oxygen atoms in total. The van der Waals surface area contributed by atoms with Crippen molar-refractivity contribution in [2.45, 2.75) is 31.7 Å². The van der Waals surface area contributed by atoms with Crippen LogP contribution < -0.4 is 5.32 Å². The fraction of sp³-hybridized carbons (Fsp3) is 0.909. The van der Waals surface area contributed by atoms with Crippen molar-refractivity contribution in [3.05, 3.63) is 0 Å². The first kappa shape index (κ1) is 10.9. The van der Waals surface area contributed by atoms with E-state index in [9.17, 15) is 9.90 Å². The first-order valence-corrected chi connectivity index (χ1v) is 5.61. The molecule has 1 amide bonds. The van der Waals surface area contributed by atoms with E-state index in [-0.39, 0.29) is 17.9 Å². The molecule has 2 rings (SSSR count). The maximum Gasteiger partial charge on any atom is 0.222 e. The minimum absolute atomic E-state index is 0.0717. The molecular formula is C11H19NO3. The van der Waals surface area contributed by atoms with Crippen molar-refractivity contribution in [1.82, 2.24) is 5.32 Å². The van der Waals surface area contributed by atoms with Gasteiger partial charge in [-0.3, -0.25) is 4.79 Å². The molecule has 0 radical (unpaired) electrons. The maximum atomic E-state index is 11.5. The number of carbonyl (C=O) groups excluding carboxylic acids is 1. The van der Waals surface area contributed by atoms with Crippen molar-refractivity contribution in [3.8, 4) is 0 Å². The van der Waals surface area contributed by atoms with Crippen molar-refractivity contribution in [1.29, 1.82) is 0 Å². The van der Waals surface area contributed by atoms with Crippen LogP contribution in [-0.2, 0) is 9.53 Å². The average Bonchev–Trinajstić information content (AvgIpc) is 2.89. The normalized spacial score (nSPS) is 37.5. The van der Waals surface area contributed by atoms with Crippen LogP contribution in [0.5, 0.6) is 0 Å². The van der Waals surface area contributed by atoms with Crippen LogP contribution in [0.2, 0.25) is 0 Å². The third-order valence-electron chi connectivity index (χ3n) is 3.89. The topological polar surface area (TPSA) is 58.6 Å². The Hall–Kier alpha value is -0.610. The molecular weight excluding hydrogens is 194 g/mol. The summed E-state index contributed by atoms with van der Waals surface area (Å²) in [4.78, 5) is 11.5. The zero-order valence-corrected chi connectivity index (χ0v) is 9.16. The highest BCUT2D eigenvalue weighted by molar-refractivity contribution is 5.76. The van der Waals surface area contributed by atoms with Gasteiger partial charge < -0.3 is 15.2 Å². The Morgan fingerprint density at radius 2 is 2.47 bits per heavy atom. The van der Waals surface area contributed by atoms with Crippen LogP contribution in [0.15, 0.2) is 0 Å². The summed E-state index contributed by atoms with van der Waals surface area (Å²) in [5.41, 5.74) is 0.166. The molecule has 0 bridgehead atoms. The van der Waals surface area contributed by atoms with E-state index in [1.165, 1.54) is 0 Å². The van der Waals surface area contributed by atoms with Gasteiger partial charge in [-0.05, 0) is 30.6 Å². The molecule has 3 atom stereocenters. The van der Waals surface area contributed by atoms with Gasteiger partial charge in [-0.25, -0.2) is 0 Å². The first-order chi connectivity index (χ1) is 7.22. The number of fused-ring (bicyclic) bond motifs is 1. The molecule has 0 aromatic rings. The number of rotatable bonds is 5. The SMILES string of the molecule is COCCC(=O)NC1CCC2(CO)CC12. The number of aliphatic hydroxyl groups is 1. The van der Waals surface area contributed by atoms with Crippen molar-refractivity contribution in [2.24, 2.45) is 11.3 Å². The second-order valence-electron chi connectivity index (χ2n) is 4.79. The number of nitrogens with one attached hydrogen (secondary N) is 1. The number of aliphatic hydroxyl groups excluding tert-OH is 1. The number of ether oxygens (including phenoxy) is 1. The highest BCUT2D eigenvalue weighted by Crippen LogP contribution is 2.63. The molecule has 2 N–H and O–H groups in total. The van der Waals surface area contributed by atoms with E-state index in [1.54, 1.807) is 7.11 Å². The minimum atomic E-state index is 0.0717. The maximum absolute atomic E-state index is 11.5. The zero-order chi connectivity index (χ0) is 10.9. The lowest BCUT2D eigenvalue weighted by atomic mass is 10.1. The smallest absolute Gasteiger partial charge is 0.222 e. The summed E-state index contributed by atoms with van der Waals surface area (Å²) in [6.45, 7) is 0.760. The summed E-state index contributed by atoms with van der Waals surface area (Å²) in [5.74, 6) is 0.594. The molecule has 0 aromatic heterocycles. The van der Waals surface area contributed by atoms with E-state index >= 15 is 0 Å². The Labute approximate surface area is 90.0 Å². The molecule has 86 valence electrons. The Kier molecular flexibility index (Phi) is 2.98. The van der Waals surface area contributed by atoms with Gasteiger partial charge in [0.2, 0.25) is 5.91 Å². The van der Waals surface area contributed by atoms with E-state index < -0.39 is 0 Å². The van der Waals surface area contributed by atoms with Crippen molar-refractivity contribution < 1.29 is 14.6 Å². The van der Waals surface area contributed by atoms with E-state index in [2.05, 4.69) is 5.32 Å². The van der Waals surface area contributed by atoms with Gasteiger partial charge in [0.25, 0.3) is 0 Å². The van der Waals surface area contributed by atoms with Crippen LogP contribution in [0.1, 0.15) is 25.7 Å². The lowest BCUT2D eigenvalue weighted by Crippen LogP contribution is -2.35. The molecule has 3 unspecified atom stereocenters. The highest BCUT2D eigenvalue weighted by Gasteiger charge is 2.61. The van der Waals surface area contributed by atoms with Crippen LogP contribution in [-0.4, -0.2) is 37.4 Å². The van der Waals surface area contributed by atoms with Gasteiger partial charge >= 0.3 is 0 Å². The molecule has 0 aromatic carbocycles. The molecule has 2 aliphatic carbocycles. The number of carbonyl (C=O) groups is 1. The van der Waals surface area contributed by atoms with E-state index in [0.29, 0.717) is 25.0 Å². The van der Waals surface area contributed by atoms with Gasteiger partial charge in [-0.1, -0.05) is 0 Å². The number of methoxy groups -OCH3 is 1. The summed E-state index contributed by atoms with van der Waals surface area (Å²) in [5, 5.41) is 12.3. The number of amides is 1. The molecule has 4 heteroatoms. The minimum Gasteiger partial charge on any atom is -0.396 e. The Morgan fingerprint density at radius 3 is 3.00 bits per heavy atom. The van der Waals surface area contributed by atoms with Gasteiger partial charge in [0.15, 0.2) is 0 Å². The molecule has 2 fully saturated rings. The van der Waals surface area contributed by atoms with Crippen LogP contribution in [0.4, 0.5) is 0 Å². The van der Waals surface area contributed by atoms with Gasteiger partial charge in [0.1, 0.15) is 0 Å². The zero-order valence-electron chi connectivity index (χ0n) is 9.16. The lowest BCUT2D eigenvalue weighted by Gasteiger charge is -2.13. The fourth-order valence-corrected chi connectivity index (χ4v) is 2.79. The fourth-order valence-electron chi connectivity index (χ4n) is 2.79. The van der Waals surface area contributed by atoms with Gasteiger partial charge in [0, 0.05) is 26.2 Å². The molecule has 0 spiro atoms. The first-order valence-electron chi connectivity index (χ1n) is 5.61. The van der Waals surface area contributed by atoms with Crippen molar-refractivity contribution in [2.75, 3.05) is 20.3 Å². The Balaban J connectivity index is 1.75. The average molecular weight is 213 g/mol. The van der Waals surface area contributed by atoms with Crippen molar-refractivity contribution in [3.63, 3.8) is 0 Å². The quantitative estimate of drug-likeness (QED) is 0.690. The molecule has 0 saturated heterocycles. The predicted molar refractivity (Wildman–Crippen MR) is 55.3 cm³/mol. The van der Waals surface area contributed by atoms with Crippen LogP contribution >= 0.6 is 0 Å². The van der Waals surface area contributed by atoms with Crippen LogP contribution in [0.25, 0.3) is 0 Å². The van der Waals surface area contributed by atoms with Gasteiger partial charge in [-0.15, -0.1) is 0 Å². The standard InChI is InChI=1S/C11H19NO3/c1-15-5-3-10(14)12-9-2-4-11(7-13)6-8(9)11/h8-9,13H,2-7H2,1H3,(H,12,14). The molecule has 0 heterocycles. The van der Waals surface area contributed by atoms with Gasteiger partial charge in [-0.2, -0.15) is 0 Å². The van der Waals surface area contributed by atoms with Crippen LogP contribution in [0.3, 0.4) is 0 Å². The van der Waals surface area contributed by atoms with E-state index in [4.69, 9.17) is 4.74 Å². The monoisotopic (exact) mass is 213 g/mol. The molecule has 2 aliphatic rings. The second kappa shape index (κ2) is 4.10. The Bertz CT molecular complexity index is 256. The molecule has 0 aliphatic heterocycles. The van der Waals surface area contributed by atoms with E-state index in [0.717, 1.165) is 19.3 Å². The number of hydrogen-bond acceptors (Lipinski definition) is 3. The summed E-state index contributed by atoms with van der Waals surface area (Å²) in [6.07, 6.45) is 3.60. The molecule has 2 saturated carbocycles. The van der Waals surface area contributed by atoms with E-state index in [1.807, 2.05) is 0 Å². The third kappa shape index (κ3) is 2.01.